The van der Waals surface area contributed by atoms with Gasteiger partial charge in [0.25, 0.3) is 5.69 Å². The lowest BCUT2D eigenvalue weighted by Gasteiger charge is -1.93. The summed E-state index contributed by atoms with van der Waals surface area (Å²) in [4.78, 5) is 21.2. The maximum absolute atomic E-state index is 10.7. The third-order valence-electron chi connectivity index (χ3n) is 2.54. The Morgan fingerprint density at radius 2 is 2.18 bits per heavy atom. The SMILES string of the molecule is O=[N+]([O-])c1ccc2[nH]c3ncnc(Cl)c3c2c1. The zero-order valence-electron chi connectivity index (χ0n) is 8.35. The van der Waals surface area contributed by atoms with Crippen LogP contribution in [0.15, 0.2) is 24.5 Å². The fraction of sp³-hybridized carbons (Fsp3) is 0. The van der Waals surface area contributed by atoms with E-state index in [-0.39, 0.29) is 10.8 Å². The lowest BCUT2D eigenvalue weighted by atomic mass is 10.2. The van der Waals surface area contributed by atoms with Crippen LogP contribution in [0.1, 0.15) is 0 Å². The van der Waals surface area contributed by atoms with E-state index in [0.29, 0.717) is 16.4 Å². The molecule has 3 aromatic rings. The normalized spacial score (nSPS) is 11.1. The van der Waals surface area contributed by atoms with Crippen LogP contribution in [0, 0.1) is 10.1 Å². The van der Waals surface area contributed by atoms with Crippen molar-refractivity contribution in [3.8, 4) is 0 Å². The minimum absolute atomic E-state index is 0.0123. The van der Waals surface area contributed by atoms with Gasteiger partial charge in [0.15, 0.2) is 0 Å². The third-order valence-corrected chi connectivity index (χ3v) is 2.82. The van der Waals surface area contributed by atoms with E-state index < -0.39 is 4.92 Å². The highest BCUT2D eigenvalue weighted by atomic mass is 35.5. The van der Waals surface area contributed by atoms with Crippen molar-refractivity contribution in [2.24, 2.45) is 0 Å². The number of nitro benzene ring substituents is 1. The molecule has 0 saturated heterocycles. The van der Waals surface area contributed by atoms with Crippen LogP contribution in [0.4, 0.5) is 5.69 Å². The average molecular weight is 249 g/mol. The number of H-pyrrole nitrogens is 1. The lowest BCUT2D eigenvalue weighted by molar-refractivity contribution is -0.384. The van der Waals surface area contributed by atoms with Crippen molar-refractivity contribution in [3.05, 3.63) is 39.8 Å². The molecular formula is C10H5ClN4O2. The summed E-state index contributed by atoms with van der Waals surface area (Å²) in [7, 11) is 0. The van der Waals surface area contributed by atoms with Crippen molar-refractivity contribution in [1.29, 1.82) is 0 Å². The van der Waals surface area contributed by atoms with Gasteiger partial charge in [-0.1, -0.05) is 11.6 Å². The zero-order valence-corrected chi connectivity index (χ0v) is 9.10. The Labute approximate surface area is 99.4 Å². The highest BCUT2D eigenvalue weighted by molar-refractivity contribution is 6.36. The highest BCUT2D eigenvalue weighted by Gasteiger charge is 2.13. The number of nitro groups is 1. The van der Waals surface area contributed by atoms with Crippen LogP contribution in [0.3, 0.4) is 0 Å². The molecule has 0 fully saturated rings. The highest BCUT2D eigenvalue weighted by Crippen LogP contribution is 2.30. The summed E-state index contributed by atoms with van der Waals surface area (Å²) < 4.78 is 0. The molecular weight excluding hydrogens is 244 g/mol. The van der Waals surface area contributed by atoms with Crippen LogP contribution in [0.5, 0.6) is 0 Å². The Bertz CT molecular complexity index is 752. The molecule has 0 aliphatic heterocycles. The summed E-state index contributed by atoms with van der Waals surface area (Å²) in [5.74, 6) is 0. The number of hydrogen-bond donors (Lipinski definition) is 1. The molecule has 0 spiro atoms. The van der Waals surface area contributed by atoms with Crippen molar-refractivity contribution >= 4 is 39.2 Å². The summed E-state index contributed by atoms with van der Waals surface area (Å²) in [6.45, 7) is 0. The zero-order chi connectivity index (χ0) is 12.0. The number of nitrogens with one attached hydrogen (secondary N) is 1. The Balaban J connectivity index is 2.48. The van der Waals surface area contributed by atoms with Gasteiger partial charge in [0.2, 0.25) is 0 Å². The Morgan fingerprint density at radius 1 is 1.35 bits per heavy atom. The average Bonchev–Trinajstić information content (AvgIpc) is 2.67. The molecule has 0 saturated carbocycles. The van der Waals surface area contributed by atoms with E-state index in [1.807, 2.05) is 0 Å². The second kappa shape index (κ2) is 3.39. The number of halogens is 1. The standard InChI is InChI=1S/C10H5ClN4O2/c11-9-8-6-3-5(15(16)17)1-2-7(6)14-10(8)13-4-12-9/h1-4H,(H,12,13,14). The van der Waals surface area contributed by atoms with Crippen molar-refractivity contribution in [2.75, 3.05) is 0 Å². The van der Waals surface area contributed by atoms with E-state index in [4.69, 9.17) is 11.6 Å². The van der Waals surface area contributed by atoms with Gasteiger partial charge in [0, 0.05) is 23.0 Å². The lowest BCUT2D eigenvalue weighted by Crippen LogP contribution is -1.86. The van der Waals surface area contributed by atoms with E-state index >= 15 is 0 Å². The maximum Gasteiger partial charge on any atom is 0.270 e. The first-order chi connectivity index (χ1) is 8.16. The summed E-state index contributed by atoms with van der Waals surface area (Å²) in [6.07, 6.45) is 1.34. The molecule has 3 rings (SSSR count). The van der Waals surface area contributed by atoms with Gasteiger partial charge in [-0.15, -0.1) is 0 Å². The maximum atomic E-state index is 10.7. The molecule has 1 aromatic carbocycles. The first-order valence-corrected chi connectivity index (χ1v) is 5.11. The smallest absolute Gasteiger partial charge is 0.270 e. The molecule has 0 unspecified atom stereocenters. The van der Waals surface area contributed by atoms with E-state index in [9.17, 15) is 10.1 Å². The summed E-state index contributed by atoms with van der Waals surface area (Å²) in [5.41, 5.74) is 1.33. The second-order valence-corrected chi connectivity index (χ2v) is 3.86. The Morgan fingerprint density at radius 3 is 2.94 bits per heavy atom. The summed E-state index contributed by atoms with van der Waals surface area (Å²) >= 11 is 5.97. The first-order valence-electron chi connectivity index (χ1n) is 4.73. The second-order valence-electron chi connectivity index (χ2n) is 3.50. The predicted octanol–water partition coefficient (Wildman–Crippen LogP) is 2.67. The monoisotopic (exact) mass is 248 g/mol. The van der Waals surface area contributed by atoms with Crippen molar-refractivity contribution in [1.82, 2.24) is 15.0 Å². The number of non-ortho nitro benzene ring substituents is 1. The van der Waals surface area contributed by atoms with Gasteiger partial charge < -0.3 is 4.98 Å². The van der Waals surface area contributed by atoms with E-state index in [1.54, 1.807) is 6.07 Å². The van der Waals surface area contributed by atoms with Crippen LogP contribution in [-0.4, -0.2) is 19.9 Å². The van der Waals surface area contributed by atoms with E-state index in [2.05, 4.69) is 15.0 Å². The number of rotatable bonds is 1. The predicted molar refractivity (Wildman–Crippen MR) is 63.1 cm³/mol. The topological polar surface area (TPSA) is 84.7 Å². The molecule has 6 nitrogen and oxygen atoms in total. The first kappa shape index (κ1) is 9.98. The van der Waals surface area contributed by atoms with E-state index in [0.717, 1.165) is 5.52 Å². The molecule has 0 radical (unpaired) electrons. The van der Waals surface area contributed by atoms with Gasteiger partial charge in [-0.2, -0.15) is 0 Å². The van der Waals surface area contributed by atoms with Gasteiger partial charge in [-0.3, -0.25) is 10.1 Å². The van der Waals surface area contributed by atoms with Gasteiger partial charge >= 0.3 is 0 Å². The third kappa shape index (κ3) is 1.42. The van der Waals surface area contributed by atoms with Crippen LogP contribution < -0.4 is 0 Å². The minimum Gasteiger partial charge on any atom is -0.339 e. The number of hydrogen-bond acceptors (Lipinski definition) is 4. The molecule has 7 heteroatoms. The van der Waals surface area contributed by atoms with Gasteiger partial charge in [0.05, 0.1) is 10.3 Å². The molecule has 0 atom stereocenters. The van der Waals surface area contributed by atoms with Crippen LogP contribution in [-0.2, 0) is 0 Å². The van der Waals surface area contributed by atoms with Gasteiger partial charge in [-0.25, -0.2) is 9.97 Å². The van der Waals surface area contributed by atoms with E-state index in [1.165, 1.54) is 18.5 Å². The molecule has 2 heterocycles. The van der Waals surface area contributed by atoms with Crippen LogP contribution >= 0.6 is 11.6 Å². The number of nitrogens with zero attached hydrogens (tertiary/aromatic N) is 3. The molecule has 17 heavy (non-hydrogen) atoms. The quantitative estimate of drug-likeness (QED) is 0.408. The number of aromatic amines is 1. The number of aromatic nitrogens is 3. The molecule has 0 aliphatic carbocycles. The van der Waals surface area contributed by atoms with Crippen LogP contribution in [0.2, 0.25) is 5.15 Å². The Hall–Kier alpha value is -2.21. The number of benzene rings is 1. The Kier molecular flexibility index (Phi) is 1.99. The largest absolute Gasteiger partial charge is 0.339 e. The fourth-order valence-electron chi connectivity index (χ4n) is 1.79. The van der Waals surface area contributed by atoms with Crippen LogP contribution in [0.25, 0.3) is 21.9 Å². The van der Waals surface area contributed by atoms with Crippen molar-refractivity contribution < 1.29 is 4.92 Å². The minimum atomic E-state index is -0.448. The van der Waals surface area contributed by atoms with Crippen molar-refractivity contribution in [2.45, 2.75) is 0 Å². The summed E-state index contributed by atoms with van der Waals surface area (Å²) in [5, 5.41) is 12.3. The molecule has 1 N–H and O–H groups in total. The molecule has 2 aromatic heterocycles. The molecule has 0 amide bonds. The van der Waals surface area contributed by atoms with Crippen molar-refractivity contribution in [3.63, 3.8) is 0 Å². The van der Waals surface area contributed by atoms with Gasteiger partial charge in [-0.05, 0) is 6.07 Å². The number of fused-ring (bicyclic) bond motifs is 3. The fourth-order valence-corrected chi connectivity index (χ4v) is 2.02. The van der Waals surface area contributed by atoms with Gasteiger partial charge in [0.1, 0.15) is 17.1 Å². The molecule has 0 bridgehead atoms. The summed E-state index contributed by atoms with van der Waals surface area (Å²) in [6, 6.07) is 4.52. The molecule has 84 valence electrons. The molecule has 0 aliphatic rings.